The van der Waals surface area contributed by atoms with Gasteiger partial charge in [0.2, 0.25) is 0 Å². The second kappa shape index (κ2) is 9.47. The van der Waals surface area contributed by atoms with Gasteiger partial charge in [-0.2, -0.15) is 0 Å². The molecule has 0 radical (unpaired) electrons. The number of nitrogens with one attached hydrogen (secondary N) is 1. The fourth-order valence-electron chi connectivity index (χ4n) is 2.80. The van der Waals surface area contributed by atoms with Crippen molar-refractivity contribution in [1.29, 1.82) is 0 Å². The molecular formula is C21H16Cl2N6OS. The standard InChI is InChI=1S/C21H16Cl2N6OS/c1-13-3-5-16(6-4-13)26-20(30)19-18(12-31-21-24-7-2-8-25-21)29(28-27-19)17-10-14(22)9-15(23)11-17/h2-11H,12H2,1H3,(H,26,30). The average Bonchev–Trinajstić information content (AvgIpc) is 3.18. The van der Waals surface area contributed by atoms with Crippen molar-refractivity contribution in [3.63, 3.8) is 0 Å². The van der Waals surface area contributed by atoms with E-state index in [1.807, 2.05) is 31.2 Å². The van der Waals surface area contributed by atoms with E-state index < -0.39 is 0 Å². The summed E-state index contributed by atoms with van der Waals surface area (Å²) < 4.78 is 1.55. The normalized spacial score (nSPS) is 10.8. The maximum absolute atomic E-state index is 13.0. The fourth-order valence-corrected chi connectivity index (χ4v) is 4.11. The summed E-state index contributed by atoms with van der Waals surface area (Å²) in [5, 5.41) is 12.7. The van der Waals surface area contributed by atoms with E-state index in [1.54, 1.807) is 41.3 Å². The molecule has 0 spiro atoms. The molecule has 0 bridgehead atoms. The Hall–Kier alpha value is -2.94. The first kappa shape index (κ1) is 21.3. The number of nitrogens with zero attached hydrogens (tertiary/aromatic N) is 5. The Morgan fingerprint density at radius 2 is 1.74 bits per heavy atom. The lowest BCUT2D eigenvalue weighted by molar-refractivity contribution is 0.102. The molecule has 0 aliphatic heterocycles. The number of anilines is 1. The molecule has 0 atom stereocenters. The van der Waals surface area contributed by atoms with Crippen LogP contribution in [0.4, 0.5) is 5.69 Å². The molecule has 0 unspecified atom stereocenters. The number of hydrogen-bond acceptors (Lipinski definition) is 6. The van der Waals surface area contributed by atoms with Crippen molar-refractivity contribution in [2.45, 2.75) is 17.8 Å². The molecule has 10 heteroatoms. The molecule has 4 aromatic rings. The van der Waals surface area contributed by atoms with Crippen LogP contribution in [0.2, 0.25) is 10.0 Å². The molecular weight excluding hydrogens is 455 g/mol. The molecule has 1 amide bonds. The summed E-state index contributed by atoms with van der Waals surface area (Å²) >= 11 is 13.7. The van der Waals surface area contributed by atoms with Gasteiger partial charge in [0.1, 0.15) is 0 Å². The van der Waals surface area contributed by atoms with Crippen molar-refractivity contribution in [2.24, 2.45) is 0 Å². The highest BCUT2D eigenvalue weighted by Crippen LogP contribution is 2.26. The predicted molar refractivity (Wildman–Crippen MR) is 122 cm³/mol. The Labute approximate surface area is 192 Å². The van der Waals surface area contributed by atoms with Crippen molar-refractivity contribution in [1.82, 2.24) is 25.0 Å². The molecule has 0 aliphatic rings. The number of amides is 1. The van der Waals surface area contributed by atoms with Gasteiger partial charge in [-0.15, -0.1) is 5.10 Å². The van der Waals surface area contributed by atoms with Gasteiger partial charge in [-0.1, -0.05) is 57.9 Å². The van der Waals surface area contributed by atoms with Crippen LogP contribution in [-0.4, -0.2) is 30.9 Å². The van der Waals surface area contributed by atoms with Crippen LogP contribution in [0.25, 0.3) is 5.69 Å². The van der Waals surface area contributed by atoms with Gasteiger partial charge in [-0.25, -0.2) is 14.6 Å². The van der Waals surface area contributed by atoms with Crippen molar-refractivity contribution < 1.29 is 4.79 Å². The number of thioether (sulfide) groups is 1. The number of rotatable bonds is 6. The zero-order valence-corrected chi connectivity index (χ0v) is 18.6. The molecule has 0 saturated carbocycles. The monoisotopic (exact) mass is 470 g/mol. The van der Waals surface area contributed by atoms with E-state index in [0.717, 1.165) is 5.56 Å². The number of carbonyl (C=O) groups is 1. The maximum atomic E-state index is 13.0. The Morgan fingerprint density at radius 1 is 1.06 bits per heavy atom. The third kappa shape index (κ3) is 5.22. The van der Waals surface area contributed by atoms with E-state index in [-0.39, 0.29) is 11.6 Å². The van der Waals surface area contributed by atoms with Crippen molar-refractivity contribution >= 4 is 46.6 Å². The van der Waals surface area contributed by atoms with Crippen LogP contribution < -0.4 is 5.32 Å². The number of hydrogen-bond donors (Lipinski definition) is 1. The summed E-state index contributed by atoms with van der Waals surface area (Å²) in [6.07, 6.45) is 3.32. The number of carbonyl (C=O) groups excluding carboxylic acids is 1. The minimum Gasteiger partial charge on any atom is -0.321 e. The highest BCUT2D eigenvalue weighted by Gasteiger charge is 2.22. The van der Waals surface area contributed by atoms with E-state index in [9.17, 15) is 4.79 Å². The molecule has 7 nitrogen and oxygen atoms in total. The van der Waals surface area contributed by atoms with Gasteiger partial charge in [-0.3, -0.25) is 4.79 Å². The highest BCUT2D eigenvalue weighted by atomic mass is 35.5. The van der Waals surface area contributed by atoms with Crippen LogP contribution in [0.1, 0.15) is 21.7 Å². The lowest BCUT2D eigenvalue weighted by atomic mass is 10.2. The Morgan fingerprint density at radius 3 is 2.42 bits per heavy atom. The van der Waals surface area contributed by atoms with Gasteiger partial charge in [0.05, 0.1) is 11.4 Å². The van der Waals surface area contributed by atoms with Crippen LogP contribution in [0, 0.1) is 6.92 Å². The molecule has 0 saturated heterocycles. The third-order valence-electron chi connectivity index (χ3n) is 4.26. The zero-order valence-electron chi connectivity index (χ0n) is 16.3. The maximum Gasteiger partial charge on any atom is 0.278 e. The number of halogens is 2. The molecule has 0 fully saturated rings. The fraction of sp³-hybridized carbons (Fsp3) is 0.0952. The average molecular weight is 471 g/mol. The van der Waals surface area contributed by atoms with Crippen LogP contribution in [0.3, 0.4) is 0 Å². The quantitative estimate of drug-likeness (QED) is 0.307. The molecule has 31 heavy (non-hydrogen) atoms. The van der Waals surface area contributed by atoms with Gasteiger partial charge < -0.3 is 5.32 Å². The van der Waals surface area contributed by atoms with Gasteiger partial charge in [-0.05, 0) is 43.3 Å². The minimum absolute atomic E-state index is 0.195. The van der Waals surface area contributed by atoms with E-state index in [2.05, 4.69) is 25.6 Å². The molecule has 4 rings (SSSR count). The summed E-state index contributed by atoms with van der Waals surface area (Å²) in [7, 11) is 0. The molecule has 2 heterocycles. The lowest BCUT2D eigenvalue weighted by Crippen LogP contribution is -2.15. The molecule has 156 valence electrons. The summed E-state index contributed by atoms with van der Waals surface area (Å²) in [5.74, 6) is -0.00884. The third-order valence-corrected chi connectivity index (χ3v) is 5.58. The number of aromatic nitrogens is 5. The molecule has 1 N–H and O–H groups in total. The van der Waals surface area contributed by atoms with E-state index >= 15 is 0 Å². The first-order valence-electron chi connectivity index (χ1n) is 9.18. The smallest absolute Gasteiger partial charge is 0.278 e. The molecule has 2 aromatic carbocycles. The van der Waals surface area contributed by atoms with Crippen molar-refractivity contribution in [3.8, 4) is 5.69 Å². The zero-order chi connectivity index (χ0) is 21.8. The summed E-state index contributed by atoms with van der Waals surface area (Å²) in [6, 6.07) is 14.3. The van der Waals surface area contributed by atoms with E-state index in [1.165, 1.54) is 11.8 Å². The largest absolute Gasteiger partial charge is 0.321 e. The van der Waals surface area contributed by atoms with Crippen LogP contribution in [-0.2, 0) is 5.75 Å². The van der Waals surface area contributed by atoms with Crippen molar-refractivity contribution in [2.75, 3.05) is 5.32 Å². The molecule has 0 aliphatic carbocycles. The predicted octanol–water partition coefficient (Wildman–Crippen LogP) is 5.22. The summed E-state index contributed by atoms with van der Waals surface area (Å²) in [4.78, 5) is 21.4. The van der Waals surface area contributed by atoms with Gasteiger partial charge >= 0.3 is 0 Å². The first-order chi connectivity index (χ1) is 15.0. The van der Waals surface area contributed by atoms with Gasteiger partial charge in [0, 0.05) is 33.9 Å². The Balaban J connectivity index is 1.69. The second-order valence-electron chi connectivity index (χ2n) is 6.56. The van der Waals surface area contributed by atoms with E-state index in [0.29, 0.717) is 38.0 Å². The number of aryl methyl sites for hydroxylation is 1. The second-order valence-corrected chi connectivity index (χ2v) is 8.38. The summed E-state index contributed by atoms with van der Waals surface area (Å²) in [5.41, 5.74) is 3.13. The van der Waals surface area contributed by atoms with Gasteiger partial charge in [0.25, 0.3) is 5.91 Å². The van der Waals surface area contributed by atoms with Crippen LogP contribution in [0.15, 0.2) is 66.1 Å². The Kier molecular flexibility index (Phi) is 6.50. The summed E-state index contributed by atoms with van der Waals surface area (Å²) in [6.45, 7) is 1.98. The topological polar surface area (TPSA) is 85.6 Å². The lowest BCUT2D eigenvalue weighted by Gasteiger charge is -2.09. The minimum atomic E-state index is -0.368. The van der Waals surface area contributed by atoms with E-state index in [4.69, 9.17) is 23.2 Å². The number of benzene rings is 2. The van der Waals surface area contributed by atoms with Crippen LogP contribution in [0.5, 0.6) is 0 Å². The Bertz CT molecular complexity index is 1190. The highest BCUT2D eigenvalue weighted by molar-refractivity contribution is 7.98. The molecule has 2 aromatic heterocycles. The SMILES string of the molecule is Cc1ccc(NC(=O)c2nnn(-c3cc(Cl)cc(Cl)c3)c2CSc2ncccn2)cc1. The first-order valence-corrected chi connectivity index (χ1v) is 10.9. The van der Waals surface area contributed by atoms with Gasteiger partial charge in [0.15, 0.2) is 10.9 Å². The van der Waals surface area contributed by atoms with Crippen molar-refractivity contribution in [3.05, 3.63) is 87.9 Å². The van der Waals surface area contributed by atoms with Crippen LogP contribution >= 0.6 is 35.0 Å².